The summed E-state index contributed by atoms with van der Waals surface area (Å²) < 4.78 is 0. The molecule has 1 aliphatic rings. The third kappa shape index (κ3) is 6.35. The van der Waals surface area contributed by atoms with E-state index in [1.807, 2.05) is 45.3 Å². The van der Waals surface area contributed by atoms with Gasteiger partial charge in [-0.25, -0.2) is 0 Å². The minimum atomic E-state index is -0.0402. The summed E-state index contributed by atoms with van der Waals surface area (Å²) in [6, 6.07) is 37.7. The molecule has 0 radical (unpaired) electrons. The standard InChI is InChI=1S/C46H45BS4/c1-44(2,3)30-26-33(45(4,5)6)43(34(27-30)46(7,8)9)47-35-24-28(37-18-20-41(50-37)39-12-10-22-48-39)14-16-31(35)32-17-15-29(25-36(32)47)38-19-21-42(51-38)40-13-11-23-49-40/h10-27H,1-9H3. The fourth-order valence-electron chi connectivity index (χ4n) is 7.61. The van der Waals surface area contributed by atoms with Gasteiger partial charge in [-0.05, 0) is 102 Å². The second-order valence-corrected chi connectivity index (χ2v) is 21.1. The summed E-state index contributed by atoms with van der Waals surface area (Å²) in [7, 11) is 0. The average molecular weight is 737 g/mol. The van der Waals surface area contributed by atoms with Crippen molar-refractivity contribution < 1.29 is 0 Å². The van der Waals surface area contributed by atoms with E-state index < -0.39 is 0 Å². The third-order valence-electron chi connectivity index (χ3n) is 10.3. The Bertz CT molecular complexity index is 2200. The molecule has 3 aromatic carbocycles. The quantitative estimate of drug-likeness (QED) is 0.154. The van der Waals surface area contributed by atoms with Gasteiger partial charge in [0.15, 0.2) is 0 Å². The third-order valence-corrected chi connectivity index (χ3v) is 14.7. The summed E-state index contributed by atoms with van der Waals surface area (Å²) in [5.41, 5.74) is 14.0. The smallest absolute Gasteiger partial charge is 0.143 e. The second kappa shape index (κ2) is 12.6. The SMILES string of the molecule is CC(C)(C)c1cc(C(C)(C)C)c(B2c3cc(-c4ccc(-c5cccs5)s4)ccc3-c3ccc(-c4ccc(-c5cccs5)s4)cc32)c(C(C)(C)C)c1. The number of rotatable bonds is 5. The molecular formula is C46H45BS4. The average Bonchev–Trinajstić information content (AvgIpc) is 3.91. The molecule has 7 aromatic rings. The summed E-state index contributed by atoms with van der Waals surface area (Å²) in [6.07, 6.45) is 0. The lowest BCUT2D eigenvalue weighted by Gasteiger charge is -2.35. The summed E-state index contributed by atoms with van der Waals surface area (Å²) in [6.45, 7) is 21.6. The van der Waals surface area contributed by atoms with Crippen LogP contribution in [0.15, 0.2) is 108 Å². The fourth-order valence-corrected chi connectivity index (χ4v) is 11.3. The minimum absolute atomic E-state index is 0.0402. The van der Waals surface area contributed by atoms with E-state index in [2.05, 4.69) is 170 Å². The Morgan fingerprint density at radius 2 is 0.863 bits per heavy atom. The molecule has 1 aliphatic heterocycles. The molecule has 0 amide bonds. The maximum Gasteiger partial charge on any atom is 0.243 e. The van der Waals surface area contributed by atoms with Crippen LogP contribution in [0.3, 0.4) is 0 Å². The molecule has 0 fully saturated rings. The van der Waals surface area contributed by atoms with Crippen LogP contribution >= 0.6 is 45.3 Å². The first-order chi connectivity index (χ1) is 24.2. The Kier molecular flexibility index (Phi) is 8.54. The molecule has 0 N–H and O–H groups in total. The van der Waals surface area contributed by atoms with Crippen LogP contribution in [0, 0.1) is 0 Å². The molecule has 5 heterocycles. The molecule has 0 atom stereocenters. The van der Waals surface area contributed by atoms with Crippen LogP contribution < -0.4 is 16.4 Å². The van der Waals surface area contributed by atoms with Crippen LogP contribution in [0.2, 0.25) is 0 Å². The predicted octanol–water partition coefficient (Wildman–Crippen LogP) is 13.0. The number of fused-ring (bicyclic) bond motifs is 3. The Morgan fingerprint density at radius 3 is 1.24 bits per heavy atom. The van der Waals surface area contributed by atoms with Crippen molar-refractivity contribution in [3.63, 3.8) is 0 Å². The van der Waals surface area contributed by atoms with Crippen molar-refractivity contribution in [2.24, 2.45) is 0 Å². The van der Waals surface area contributed by atoms with Crippen molar-refractivity contribution in [1.82, 2.24) is 0 Å². The van der Waals surface area contributed by atoms with Gasteiger partial charge >= 0.3 is 0 Å². The zero-order chi connectivity index (χ0) is 35.9. The minimum Gasteiger partial charge on any atom is -0.143 e. The number of thiophene rings is 4. The molecule has 51 heavy (non-hydrogen) atoms. The lowest BCUT2D eigenvalue weighted by Crippen LogP contribution is -2.54. The highest BCUT2D eigenvalue weighted by atomic mass is 32.1. The number of hydrogen-bond donors (Lipinski definition) is 0. The number of benzene rings is 3. The highest BCUT2D eigenvalue weighted by Gasteiger charge is 2.41. The molecule has 0 saturated carbocycles. The van der Waals surface area contributed by atoms with Crippen molar-refractivity contribution in [1.29, 1.82) is 0 Å². The summed E-state index contributed by atoms with van der Waals surface area (Å²) >= 11 is 7.44. The first-order valence-corrected chi connectivity index (χ1v) is 21.3. The first-order valence-electron chi connectivity index (χ1n) is 17.9. The molecule has 0 unspecified atom stereocenters. The van der Waals surface area contributed by atoms with Gasteiger partial charge in [0.25, 0.3) is 0 Å². The van der Waals surface area contributed by atoms with E-state index in [0.29, 0.717) is 0 Å². The van der Waals surface area contributed by atoms with E-state index in [1.54, 1.807) is 0 Å². The Hall–Kier alpha value is -3.48. The summed E-state index contributed by atoms with van der Waals surface area (Å²) in [5, 5.41) is 4.34. The highest BCUT2D eigenvalue weighted by Crippen LogP contribution is 2.41. The van der Waals surface area contributed by atoms with E-state index in [4.69, 9.17) is 0 Å². The largest absolute Gasteiger partial charge is 0.243 e. The second-order valence-electron chi connectivity index (χ2n) is 17.1. The van der Waals surface area contributed by atoms with Crippen molar-refractivity contribution in [2.45, 2.75) is 78.6 Å². The normalized spacial score (nSPS) is 13.2. The van der Waals surface area contributed by atoms with Crippen LogP contribution in [0.4, 0.5) is 0 Å². The Labute approximate surface area is 321 Å². The van der Waals surface area contributed by atoms with Crippen LogP contribution in [0.5, 0.6) is 0 Å². The Morgan fingerprint density at radius 1 is 0.431 bits per heavy atom. The van der Waals surface area contributed by atoms with Gasteiger partial charge in [0.2, 0.25) is 6.71 Å². The molecule has 0 saturated heterocycles. The topological polar surface area (TPSA) is 0 Å². The maximum absolute atomic E-state index is 2.55. The molecule has 0 bridgehead atoms. The molecule has 0 aliphatic carbocycles. The van der Waals surface area contributed by atoms with Crippen molar-refractivity contribution in [3.05, 3.63) is 125 Å². The monoisotopic (exact) mass is 736 g/mol. The van der Waals surface area contributed by atoms with E-state index in [-0.39, 0.29) is 23.0 Å². The van der Waals surface area contributed by atoms with E-state index in [0.717, 1.165) is 0 Å². The van der Waals surface area contributed by atoms with E-state index in [1.165, 1.54) is 84.6 Å². The first kappa shape index (κ1) is 34.6. The van der Waals surface area contributed by atoms with Gasteiger partial charge in [0.05, 0.1) is 0 Å². The molecule has 5 heteroatoms. The van der Waals surface area contributed by atoms with E-state index >= 15 is 0 Å². The molecule has 4 aromatic heterocycles. The van der Waals surface area contributed by atoms with Gasteiger partial charge in [0.1, 0.15) is 0 Å². The van der Waals surface area contributed by atoms with Crippen LogP contribution in [-0.2, 0) is 16.2 Å². The lowest BCUT2D eigenvalue weighted by atomic mass is 9.35. The van der Waals surface area contributed by atoms with Gasteiger partial charge in [-0.3, -0.25) is 0 Å². The molecule has 0 nitrogen and oxygen atoms in total. The van der Waals surface area contributed by atoms with Crippen LogP contribution in [-0.4, -0.2) is 6.71 Å². The van der Waals surface area contributed by atoms with Gasteiger partial charge in [0, 0.05) is 29.3 Å². The zero-order valence-electron chi connectivity index (χ0n) is 31.1. The van der Waals surface area contributed by atoms with Gasteiger partial charge < -0.3 is 0 Å². The molecule has 256 valence electrons. The summed E-state index contributed by atoms with van der Waals surface area (Å²) in [5.74, 6) is 0. The van der Waals surface area contributed by atoms with Crippen LogP contribution in [0.25, 0.3) is 51.5 Å². The van der Waals surface area contributed by atoms with Gasteiger partial charge in [-0.1, -0.05) is 139 Å². The molecular weight excluding hydrogens is 692 g/mol. The highest BCUT2D eigenvalue weighted by molar-refractivity contribution is 7.23. The predicted molar refractivity (Wildman–Crippen MR) is 232 cm³/mol. The molecule has 0 spiro atoms. The lowest BCUT2D eigenvalue weighted by molar-refractivity contribution is 0.553. The van der Waals surface area contributed by atoms with Crippen LogP contribution in [0.1, 0.15) is 79.0 Å². The number of hydrogen-bond acceptors (Lipinski definition) is 4. The Balaban J connectivity index is 1.37. The molecule has 8 rings (SSSR count). The van der Waals surface area contributed by atoms with E-state index in [9.17, 15) is 0 Å². The zero-order valence-corrected chi connectivity index (χ0v) is 34.4. The van der Waals surface area contributed by atoms with Gasteiger partial charge in [-0.15, -0.1) is 45.3 Å². The van der Waals surface area contributed by atoms with Crippen molar-refractivity contribution in [3.8, 4) is 51.5 Å². The van der Waals surface area contributed by atoms with Crippen molar-refractivity contribution >= 4 is 68.4 Å². The summed E-state index contributed by atoms with van der Waals surface area (Å²) in [4.78, 5) is 8.00. The maximum atomic E-state index is 2.55. The van der Waals surface area contributed by atoms with Gasteiger partial charge in [-0.2, -0.15) is 0 Å². The fraction of sp³-hybridized carbons (Fsp3) is 0.261. The van der Waals surface area contributed by atoms with Crippen molar-refractivity contribution in [2.75, 3.05) is 0 Å².